The van der Waals surface area contributed by atoms with E-state index in [0.717, 1.165) is 18.6 Å². The monoisotopic (exact) mass is 168 g/mol. The summed E-state index contributed by atoms with van der Waals surface area (Å²) in [6, 6.07) is 0. The second-order valence-corrected chi connectivity index (χ2v) is 3.22. The lowest BCUT2D eigenvalue weighted by Crippen LogP contribution is -1.96. The predicted molar refractivity (Wildman–Crippen MR) is 53.1 cm³/mol. The van der Waals surface area contributed by atoms with E-state index in [1.54, 1.807) is 6.08 Å². The lowest BCUT2D eigenvalue weighted by atomic mass is 9.96. The van der Waals surface area contributed by atoms with E-state index in [9.17, 15) is 4.79 Å². The third-order valence-corrected chi connectivity index (χ3v) is 2.23. The molecule has 1 heteroatoms. The molecule has 1 unspecified atom stereocenters. The molecule has 70 valence electrons. The molecule has 0 saturated heterocycles. The van der Waals surface area contributed by atoms with Gasteiger partial charge >= 0.3 is 0 Å². The minimum absolute atomic E-state index is 0.779. The van der Waals surface area contributed by atoms with Crippen molar-refractivity contribution >= 4 is 6.29 Å². The van der Waals surface area contributed by atoms with Gasteiger partial charge in [0.2, 0.25) is 0 Å². The summed E-state index contributed by atoms with van der Waals surface area (Å²) in [5, 5.41) is 0. The van der Waals surface area contributed by atoms with Crippen molar-refractivity contribution in [3.8, 4) is 0 Å². The fourth-order valence-electron chi connectivity index (χ4n) is 1.31. The van der Waals surface area contributed by atoms with Gasteiger partial charge in [-0.1, -0.05) is 45.6 Å². The molecule has 0 heterocycles. The molecule has 0 N–H and O–H groups in total. The van der Waals surface area contributed by atoms with Crippen molar-refractivity contribution in [2.45, 2.75) is 46.0 Å². The number of unbranched alkanes of at least 4 members (excludes halogenated alkanes) is 1. The molecule has 0 amide bonds. The molecular weight excluding hydrogens is 148 g/mol. The van der Waals surface area contributed by atoms with Crippen molar-refractivity contribution in [1.29, 1.82) is 0 Å². The van der Waals surface area contributed by atoms with E-state index in [2.05, 4.69) is 13.8 Å². The molecule has 0 rings (SSSR count). The number of hydrogen-bond acceptors (Lipinski definition) is 1. The fourth-order valence-corrected chi connectivity index (χ4v) is 1.31. The van der Waals surface area contributed by atoms with Gasteiger partial charge in [-0.15, -0.1) is 0 Å². The zero-order valence-electron chi connectivity index (χ0n) is 8.25. The molecule has 1 nitrogen and oxygen atoms in total. The van der Waals surface area contributed by atoms with Crippen molar-refractivity contribution in [3.63, 3.8) is 0 Å². The number of hydrogen-bond donors (Lipinski definition) is 0. The summed E-state index contributed by atoms with van der Waals surface area (Å²) in [6.45, 7) is 4.43. The van der Waals surface area contributed by atoms with Crippen LogP contribution in [0.1, 0.15) is 46.0 Å². The second kappa shape index (κ2) is 8.51. The summed E-state index contributed by atoms with van der Waals surface area (Å²) in [7, 11) is 0. The molecule has 0 bridgehead atoms. The average molecular weight is 168 g/mol. The smallest absolute Gasteiger partial charge is 0.142 e. The molecule has 0 aliphatic rings. The van der Waals surface area contributed by atoms with Gasteiger partial charge in [-0.05, 0) is 18.4 Å². The molecule has 0 aromatic carbocycles. The molecule has 0 aromatic heterocycles. The Morgan fingerprint density at radius 1 is 1.33 bits per heavy atom. The zero-order chi connectivity index (χ0) is 9.23. The third kappa shape index (κ3) is 6.14. The van der Waals surface area contributed by atoms with E-state index in [4.69, 9.17) is 0 Å². The van der Waals surface area contributed by atoms with Crippen molar-refractivity contribution in [3.05, 3.63) is 12.2 Å². The normalized spacial score (nSPS) is 13.5. The summed E-state index contributed by atoms with van der Waals surface area (Å²) in [5.41, 5.74) is 0. The van der Waals surface area contributed by atoms with Crippen LogP contribution in [0, 0.1) is 5.92 Å². The standard InChI is InChI=1S/C11H20O/c1-3-5-8-11(4-2)9-6-7-10-12/h6-7,10-11H,3-5,8-9H2,1-2H3. The van der Waals surface area contributed by atoms with Crippen LogP contribution in [0.4, 0.5) is 0 Å². The Morgan fingerprint density at radius 2 is 2.08 bits per heavy atom. The van der Waals surface area contributed by atoms with Crippen LogP contribution in [0.2, 0.25) is 0 Å². The molecule has 0 aliphatic heterocycles. The number of rotatable bonds is 7. The highest BCUT2D eigenvalue weighted by atomic mass is 16.1. The Morgan fingerprint density at radius 3 is 2.58 bits per heavy atom. The van der Waals surface area contributed by atoms with E-state index in [1.165, 1.54) is 25.7 Å². The number of allylic oxidation sites excluding steroid dienone is 2. The maximum atomic E-state index is 10.0. The molecule has 0 fully saturated rings. The number of carbonyl (C=O) groups excluding carboxylic acids is 1. The quantitative estimate of drug-likeness (QED) is 0.421. The van der Waals surface area contributed by atoms with Gasteiger partial charge in [0.25, 0.3) is 0 Å². The van der Waals surface area contributed by atoms with Gasteiger partial charge in [0, 0.05) is 0 Å². The summed E-state index contributed by atoms with van der Waals surface area (Å²) in [5.74, 6) is 0.779. The Kier molecular flexibility index (Phi) is 8.09. The van der Waals surface area contributed by atoms with E-state index in [1.807, 2.05) is 6.08 Å². The number of aldehydes is 1. The van der Waals surface area contributed by atoms with Crippen LogP contribution in [0.3, 0.4) is 0 Å². The predicted octanol–water partition coefficient (Wildman–Crippen LogP) is 3.35. The first-order chi connectivity index (χ1) is 5.85. The van der Waals surface area contributed by atoms with Crippen LogP contribution in [0.5, 0.6) is 0 Å². The van der Waals surface area contributed by atoms with E-state index in [-0.39, 0.29) is 0 Å². The Labute approximate surface area is 75.9 Å². The van der Waals surface area contributed by atoms with Crippen LogP contribution in [-0.2, 0) is 4.79 Å². The van der Waals surface area contributed by atoms with Gasteiger partial charge in [-0.2, -0.15) is 0 Å². The lowest BCUT2D eigenvalue weighted by molar-refractivity contribution is -0.104. The van der Waals surface area contributed by atoms with Gasteiger partial charge in [-0.25, -0.2) is 0 Å². The van der Waals surface area contributed by atoms with Gasteiger partial charge in [0.05, 0.1) is 0 Å². The fraction of sp³-hybridized carbons (Fsp3) is 0.727. The first-order valence-electron chi connectivity index (χ1n) is 4.95. The summed E-state index contributed by atoms with van der Waals surface area (Å²) in [4.78, 5) is 10.0. The lowest BCUT2D eigenvalue weighted by Gasteiger charge is -2.10. The van der Waals surface area contributed by atoms with Crippen LogP contribution < -0.4 is 0 Å². The minimum Gasteiger partial charge on any atom is -0.299 e. The van der Waals surface area contributed by atoms with E-state index in [0.29, 0.717) is 0 Å². The molecule has 0 saturated carbocycles. The van der Waals surface area contributed by atoms with Gasteiger partial charge in [0.1, 0.15) is 6.29 Å². The van der Waals surface area contributed by atoms with Gasteiger partial charge < -0.3 is 0 Å². The molecular formula is C11H20O. The summed E-state index contributed by atoms with van der Waals surface area (Å²) < 4.78 is 0. The van der Waals surface area contributed by atoms with Crippen molar-refractivity contribution in [1.82, 2.24) is 0 Å². The summed E-state index contributed by atoms with van der Waals surface area (Å²) >= 11 is 0. The zero-order valence-corrected chi connectivity index (χ0v) is 8.25. The van der Waals surface area contributed by atoms with Gasteiger partial charge in [0.15, 0.2) is 0 Å². The first-order valence-corrected chi connectivity index (χ1v) is 4.95. The van der Waals surface area contributed by atoms with E-state index < -0.39 is 0 Å². The summed E-state index contributed by atoms with van der Waals surface area (Å²) in [6.07, 6.45) is 10.6. The van der Waals surface area contributed by atoms with Crippen LogP contribution in [0.15, 0.2) is 12.2 Å². The molecule has 0 spiro atoms. The van der Waals surface area contributed by atoms with Crippen LogP contribution in [-0.4, -0.2) is 6.29 Å². The molecule has 1 atom stereocenters. The van der Waals surface area contributed by atoms with Crippen LogP contribution >= 0.6 is 0 Å². The molecule has 12 heavy (non-hydrogen) atoms. The first kappa shape index (κ1) is 11.4. The third-order valence-electron chi connectivity index (χ3n) is 2.23. The second-order valence-electron chi connectivity index (χ2n) is 3.22. The highest BCUT2D eigenvalue weighted by Crippen LogP contribution is 2.16. The molecule has 0 aromatic rings. The minimum atomic E-state index is 0.779. The Hall–Kier alpha value is -0.590. The Balaban J connectivity index is 3.51. The van der Waals surface area contributed by atoms with E-state index >= 15 is 0 Å². The van der Waals surface area contributed by atoms with Crippen LogP contribution in [0.25, 0.3) is 0 Å². The largest absolute Gasteiger partial charge is 0.299 e. The van der Waals surface area contributed by atoms with Crippen molar-refractivity contribution < 1.29 is 4.79 Å². The van der Waals surface area contributed by atoms with Crippen molar-refractivity contribution in [2.24, 2.45) is 5.92 Å². The topological polar surface area (TPSA) is 17.1 Å². The maximum Gasteiger partial charge on any atom is 0.142 e. The van der Waals surface area contributed by atoms with Gasteiger partial charge in [-0.3, -0.25) is 4.79 Å². The average Bonchev–Trinajstić information content (AvgIpc) is 2.11. The number of carbonyl (C=O) groups is 1. The SMILES string of the molecule is CCCCC(CC)CC=CC=O. The highest BCUT2D eigenvalue weighted by molar-refractivity contribution is 5.64. The maximum absolute atomic E-state index is 10.0. The van der Waals surface area contributed by atoms with Crippen molar-refractivity contribution in [2.75, 3.05) is 0 Å². The highest BCUT2D eigenvalue weighted by Gasteiger charge is 2.02. The molecule has 0 radical (unpaired) electrons. The molecule has 0 aliphatic carbocycles. The Bertz CT molecular complexity index is 127.